The molecule has 1 aliphatic carbocycles. The second kappa shape index (κ2) is 7.60. The third-order valence-electron chi connectivity index (χ3n) is 5.01. The summed E-state index contributed by atoms with van der Waals surface area (Å²) in [5.74, 6) is 0.494. The number of carbonyl (C=O) groups excluding carboxylic acids is 2. The molecule has 2 amide bonds. The van der Waals surface area contributed by atoms with Crippen molar-refractivity contribution in [2.75, 3.05) is 19.3 Å². The average Bonchev–Trinajstić information content (AvgIpc) is 3.46. The summed E-state index contributed by atoms with van der Waals surface area (Å²) in [4.78, 5) is 28.0. The fraction of sp³-hybridized carbons (Fsp3) is 0.579. The van der Waals surface area contributed by atoms with Crippen molar-refractivity contribution < 1.29 is 9.59 Å². The van der Waals surface area contributed by atoms with Gasteiger partial charge in [-0.2, -0.15) is 0 Å². The summed E-state index contributed by atoms with van der Waals surface area (Å²) < 4.78 is 0. The van der Waals surface area contributed by atoms with Gasteiger partial charge in [-0.15, -0.1) is 11.8 Å². The first-order valence-electron chi connectivity index (χ1n) is 8.81. The lowest BCUT2D eigenvalue weighted by atomic mass is 9.96. The topological polar surface area (TPSA) is 49.4 Å². The van der Waals surface area contributed by atoms with Crippen molar-refractivity contribution in [1.29, 1.82) is 0 Å². The average molecular weight is 346 g/mol. The van der Waals surface area contributed by atoms with Gasteiger partial charge in [0, 0.05) is 23.9 Å². The number of nitrogens with one attached hydrogen (secondary N) is 1. The number of amides is 2. The van der Waals surface area contributed by atoms with Crippen LogP contribution in [0.3, 0.4) is 0 Å². The summed E-state index contributed by atoms with van der Waals surface area (Å²) in [6.07, 6.45) is 5.90. The number of nitrogens with zero attached hydrogens (tertiary/aromatic N) is 1. The van der Waals surface area contributed by atoms with E-state index in [1.54, 1.807) is 11.8 Å². The monoisotopic (exact) mass is 346 g/mol. The van der Waals surface area contributed by atoms with Crippen LogP contribution < -0.4 is 5.32 Å². The fourth-order valence-electron chi connectivity index (χ4n) is 3.29. The number of thioether (sulfide) groups is 1. The molecule has 0 unspecified atom stereocenters. The van der Waals surface area contributed by atoms with E-state index in [-0.39, 0.29) is 29.7 Å². The van der Waals surface area contributed by atoms with Crippen LogP contribution in [0.1, 0.15) is 44.2 Å². The molecule has 2 fully saturated rings. The highest BCUT2D eigenvalue weighted by molar-refractivity contribution is 7.98. The standard InChI is InChI=1S/C19H26N2O2S/c1-13(14-7-9-17(24-2)10-8-14)20-18(22)16-4-3-11-21(12-16)19(23)15-5-6-15/h7-10,13,15-16H,3-6,11-12H2,1-2H3,(H,20,22)/t13-,16+/m0/s1. The van der Waals surface area contributed by atoms with Crippen molar-refractivity contribution in [3.05, 3.63) is 29.8 Å². The smallest absolute Gasteiger partial charge is 0.225 e. The van der Waals surface area contributed by atoms with Crippen LogP contribution in [-0.4, -0.2) is 36.1 Å². The highest BCUT2D eigenvalue weighted by atomic mass is 32.2. The van der Waals surface area contributed by atoms with Crippen LogP contribution in [-0.2, 0) is 9.59 Å². The Morgan fingerprint density at radius 3 is 2.50 bits per heavy atom. The molecular weight excluding hydrogens is 320 g/mol. The van der Waals surface area contributed by atoms with Crippen molar-refractivity contribution >= 4 is 23.6 Å². The van der Waals surface area contributed by atoms with Gasteiger partial charge in [0.05, 0.1) is 12.0 Å². The summed E-state index contributed by atoms with van der Waals surface area (Å²) in [5.41, 5.74) is 1.11. The van der Waals surface area contributed by atoms with Crippen LogP contribution in [0.4, 0.5) is 0 Å². The maximum absolute atomic E-state index is 12.6. The van der Waals surface area contributed by atoms with Gasteiger partial charge in [0.15, 0.2) is 0 Å². The van der Waals surface area contributed by atoms with E-state index in [0.29, 0.717) is 6.54 Å². The molecule has 2 atom stereocenters. The molecule has 130 valence electrons. The molecule has 0 spiro atoms. The first kappa shape index (κ1) is 17.3. The predicted octanol–water partition coefficient (Wildman–Crippen LogP) is 3.23. The van der Waals surface area contributed by atoms with Crippen molar-refractivity contribution in [2.45, 2.75) is 43.5 Å². The van der Waals surface area contributed by atoms with Crippen molar-refractivity contribution in [1.82, 2.24) is 10.2 Å². The second-order valence-electron chi connectivity index (χ2n) is 6.90. The van der Waals surface area contributed by atoms with E-state index in [1.165, 1.54) is 4.90 Å². The van der Waals surface area contributed by atoms with Gasteiger partial charge < -0.3 is 10.2 Å². The van der Waals surface area contributed by atoms with E-state index in [2.05, 4.69) is 35.8 Å². The Balaban J connectivity index is 1.55. The van der Waals surface area contributed by atoms with Gasteiger partial charge in [-0.05, 0) is 56.6 Å². The number of carbonyl (C=O) groups is 2. The highest BCUT2D eigenvalue weighted by Gasteiger charge is 2.36. The van der Waals surface area contributed by atoms with Gasteiger partial charge in [0.25, 0.3) is 0 Å². The number of piperidine rings is 1. The number of hydrogen-bond acceptors (Lipinski definition) is 3. The molecule has 1 aliphatic heterocycles. The molecule has 4 nitrogen and oxygen atoms in total. The van der Waals surface area contributed by atoms with Crippen LogP contribution in [0.5, 0.6) is 0 Å². The largest absolute Gasteiger partial charge is 0.349 e. The highest BCUT2D eigenvalue weighted by Crippen LogP contribution is 2.32. The summed E-state index contributed by atoms with van der Waals surface area (Å²) in [6.45, 7) is 3.41. The Labute approximate surface area is 148 Å². The lowest BCUT2D eigenvalue weighted by molar-refractivity contribution is -0.137. The zero-order chi connectivity index (χ0) is 17.1. The molecule has 1 N–H and O–H groups in total. The minimum Gasteiger partial charge on any atom is -0.349 e. The van der Waals surface area contributed by atoms with Crippen molar-refractivity contribution in [3.63, 3.8) is 0 Å². The predicted molar refractivity (Wildman–Crippen MR) is 96.8 cm³/mol. The minimum absolute atomic E-state index is 0.0112. The zero-order valence-corrected chi connectivity index (χ0v) is 15.3. The van der Waals surface area contributed by atoms with Gasteiger partial charge >= 0.3 is 0 Å². The SMILES string of the molecule is CSc1ccc([C@H](C)NC(=O)[C@@H]2CCCN(C(=O)C3CC3)C2)cc1. The second-order valence-corrected chi connectivity index (χ2v) is 7.78. The minimum atomic E-state index is -0.0747. The molecule has 0 aromatic heterocycles. The van der Waals surface area contributed by atoms with E-state index in [0.717, 1.165) is 37.8 Å². The number of hydrogen-bond donors (Lipinski definition) is 1. The molecule has 0 radical (unpaired) electrons. The maximum atomic E-state index is 12.6. The van der Waals surface area contributed by atoms with Crippen molar-refractivity contribution in [2.24, 2.45) is 11.8 Å². The number of rotatable bonds is 5. The van der Waals surface area contributed by atoms with Crippen molar-refractivity contribution in [3.8, 4) is 0 Å². The Hall–Kier alpha value is -1.49. The van der Waals surface area contributed by atoms with E-state index in [1.807, 2.05) is 11.8 Å². The van der Waals surface area contributed by atoms with Gasteiger partial charge in [-0.3, -0.25) is 9.59 Å². The third kappa shape index (κ3) is 4.12. The van der Waals surface area contributed by atoms with Crippen LogP contribution in [0.2, 0.25) is 0 Å². The molecular formula is C19H26N2O2S. The third-order valence-corrected chi connectivity index (χ3v) is 5.75. The molecule has 24 heavy (non-hydrogen) atoms. The number of likely N-dealkylation sites (tertiary alicyclic amines) is 1. The Morgan fingerprint density at radius 2 is 1.88 bits per heavy atom. The Kier molecular flexibility index (Phi) is 5.49. The molecule has 1 saturated heterocycles. The summed E-state index contributed by atoms with van der Waals surface area (Å²) in [7, 11) is 0. The molecule has 1 aromatic rings. The maximum Gasteiger partial charge on any atom is 0.225 e. The van der Waals surface area contributed by atoms with Gasteiger partial charge in [-0.25, -0.2) is 0 Å². The normalized spacial score (nSPS) is 22.1. The fourth-order valence-corrected chi connectivity index (χ4v) is 3.70. The van der Waals surface area contributed by atoms with E-state index < -0.39 is 0 Å². The molecule has 0 bridgehead atoms. The van der Waals surface area contributed by atoms with E-state index >= 15 is 0 Å². The van der Waals surface area contributed by atoms with Gasteiger partial charge in [0.2, 0.25) is 11.8 Å². The Morgan fingerprint density at radius 1 is 1.17 bits per heavy atom. The molecule has 1 aromatic carbocycles. The van der Waals surface area contributed by atoms with Gasteiger partial charge in [-0.1, -0.05) is 12.1 Å². The summed E-state index contributed by atoms with van der Waals surface area (Å²) in [6, 6.07) is 8.29. The zero-order valence-electron chi connectivity index (χ0n) is 14.5. The quantitative estimate of drug-likeness (QED) is 0.833. The van der Waals surface area contributed by atoms with E-state index in [4.69, 9.17) is 0 Å². The number of benzene rings is 1. The molecule has 2 aliphatic rings. The Bertz CT molecular complexity index is 598. The molecule has 1 heterocycles. The lowest BCUT2D eigenvalue weighted by Gasteiger charge is -2.32. The van der Waals surface area contributed by atoms with Crippen LogP contribution in [0.25, 0.3) is 0 Å². The van der Waals surface area contributed by atoms with Gasteiger partial charge in [0.1, 0.15) is 0 Å². The van der Waals surface area contributed by atoms with Crippen LogP contribution in [0.15, 0.2) is 29.2 Å². The summed E-state index contributed by atoms with van der Waals surface area (Å²) >= 11 is 1.71. The molecule has 1 saturated carbocycles. The van der Waals surface area contributed by atoms with E-state index in [9.17, 15) is 9.59 Å². The molecule has 3 rings (SSSR count). The molecule has 5 heteroatoms. The van der Waals surface area contributed by atoms with Crippen LogP contribution in [0, 0.1) is 11.8 Å². The lowest BCUT2D eigenvalue weighted by Crippen LogP contribution is -2.46. The first-order chi connectivity index (χ1) is 11.6. The summed E-state index contributed by atoms with van der Waals surface area (Å²) in [5, 5.41) is 3.12. The first-order valence-corrected chi connectivity index (χ1v) is 10.0. The van der Waals surface area contributed by atoms with Crippen LogP contribution >= 0.6 is 11.8 Å².